The van der Waals surface area contributed by atoms with Gasteiger partial charge in [-0.15, -0.1) is 11.3 Å². The molecule has 1 heterocycles. The van der Waals surface area contributed by atoms with Crippen LogP contribution in [0.15, 0.2) is 152 Å². The maximum absolute atomic E-state index is 2.47. The lowest BCUT2D eigenvalue weighted by molar-refractivity contribution is 0.661. The molecule has 9 aromatic rings. The number of rotatable bonds is 3. The lowest BCUT2D eigenvalue weighted by Crippen LogP contribution is -2.16. The van der Waals surface area contributed by atoms with E-state index in [-0.39, 0.29) is 10.8 Å². The van der Waals surface area contributed by atoms with E-state index >= 15 is 0 Å². The molecule has 1 nitrogen and oxygen atoms in total. The topological polar surface area (TPSA) is 3.24 Å². The fourth-order valence-electron chi connectivity index (χ4n) is 9.39. The number of nitrogens with zero attached hydrogens (tertiary/aromatic N) is 1. The van der Waals surface area contributed by atoms with Crippen LogP contribution < -0.4 is 4.90 Å². The first kappa shape index (κ1) is 30.0. The van der Waals surface area contributed by atoms with E-state index in [2.05, 4.69) is 184 Å². The van der Waals surface area contributed by atoms with Crippen molar-refractivity contribution in [3.63, 3.8) is 0 Å². The summed E-state index contributed by atoms with van der Waals surface area (Å²) >= 11 is 1.91. The van der Waals surface area contributed by atoms with E-state index < -0.39 is 0 Å². The summed E-state index contributed by atoms with van der Waals surface area (Å²) in [4.78, 5) is 2.44. The molecule has 11 rings (SSSR count). The van der Waals surface area contributed by atoms with Crippen molar-refractivity contribution in [1.29, 1.82) is 0 Å². The molecule has 0 unspecified atom stereocenters. The van der Waals surface area contributed by atoms with Gasteiger partial charge in [0.2, 0.25) is 0 Å². The van der Waals surface area contributed by atoms with Gasteiger partial charge in [0, 0.05) is 48.1 Å². The summed E-state index contributed by atoms with van der Waals surface area (Å²) in [6.45, 7) is 9.56. The number of anilines is 3. The summed E-state index contributed by atoms with van der Waals surface area (Å²) in [5, 5.41) is 7.86. The van der Waals surface area contributed by atoms with E-state index in [1.165, 1.54) is 91.9 Å². The van der Waals surface area contributed by atoms with Crippen molar-refractivity contribution in [2.24, 2.45) is 0 Å². The highest BCUT2D eigenvalue weighted by atomic mass is 32.1. The van der Waals surface area contributed by atoms with Gasteiger partial charge in [0.05, 0.1) is 0 Å². The van der Waals surface area contributed by atoms with Gasteiger partial charge in [-0.2, -0.15) is 0 Å². The zero-order chi connectivity index (χ0) is 34.9. The average Bonchev–Trinajstić information content (AvgIpc) is 3.71. The molecule has 52 heavy (non-hydrogen) atoms. The van der Waals surface area contributed by atoms with Crippen LogP contribution >= 0.6 is 11.3 Å². The predicted octanol–water partition coefficient (Wildman–Crippen LogP) is 14.4. The Kier molecular flexibility index (Phi) is 6.02. The van der Waals surface area contributed by atoms with Crippen LogP contribution in [0.3, 0.4) is 0 Å². The quantitative estimate of drug-likeness (QED) is 0.179. The molecule has 2 heteroatoms. The third-order valence-corrected chi connectivity index (χ3v) is 13.3. The normalized spacial score (nSPS) is 14.8. The number of benzene rings is 8. The van der Waals surface area contributed by atoms with Gasteiger partial charge < -0.3 is 4.90 Å². The van der Waals surface area contributed by atoms with Gasteiger partial charge in [-0.25, -0.2) is 0 Å². The monoisotopic (exact) mass is 683 g/mol. The van der Waals surface area contributed by atoms with E-state index in [1.807, 2.05) is 11.3 Å². The van der Waals surface area contributed by atoms with Crippen LogP contribution in [0.2, 0.25) is 0 Å². The summed E-state index contributed by atoms with van der Waals surface area (Å²) in [5.41, 5.74) is 14.3. The zero-order valence-corrected chi connectivity index (χ0v) is 30.6. The number of thiophene rings is 1. The Morgan fingerprint density at radius 1 is 0.365 bits per heavy atom. The van der Waals surface area contributed by atoms with Gasteiger partial charge >= 0.3 is 0 Å². The SMILES string of the molecule is CC1(C)c2cc3ccccc3cc2-c2cc3ccc(N(c4ccccc4)c4ccc5c(c4)C(C)(C)c4cc6sc7ccccc7c6cc4-5)cc3cc21. The molecular weight excluding hydrogens is 647 g/mol. The minimum Gasteiger partial charge on any atom is -0.310 e. The summed E-state index contributed by atoms with van der Waals surface area (Å²) in [6, 6.07) is 57.2. The molecule has 0 bridgehead atoms. The molecule has 2 aliphatic carbocycles. The second-order valence-corrected chi connectivity index (χ2v) is 16.9. The lowest BCUT2D eigenvalue weighted by atomic mass is 9.81. The molecule has 0 fully saturated rings. The summed E-state index contributed by atoms with van der Waals surface area (Å²) in [7, 11) is 0. The second kappa shape index (κ2) is 10.4. The van der Waals surface area contributed by atoms with Gasteiger partial charge in [-0.1, -0.05) is 100 Å². The molecule has 0 atom stereocenters. The average molecular weight is 684 g/mol. The van der Waals surface area contributed by atoms with Crippen molar-refractivity contribution in [3.8, 4) is 22.3 Å². The predicted molar refractivity (Wildman–Crippen MR) is 224 cm³/mol. The minimum absolute atomic E-state index is 0.0840. The minimum atomic E-state index is -0.122. The first-order chi connectivity index (χ1) is 25.3. The fraction of sp³-hybridized carbons (Fsp3) is 0.120. The standard InChI is InChI=1S/C50H37NS/c1-49(2)43-25-31-13-9-8-12-30(31)23-39(43)40-24-32-18-19-35(22-33(32)26-44(40)49)51(34-14-6-5-7-15-34)36-20-21-37-41-28-42-38-16-10-11-17-47(38)52-48(42)29-46(41)50(3,4)45(37)27-36/h5-29H,1-4H3. The molecule has 0 radical (unpaired) electrons. The molecule has 0 amide bonds. The molecule has 2 aliphatic rings. The van der Waals surface area contributed by atoms with Crippen LogP contribution in [0.25, 0.3) is 64.0 Å². The third-order valence-electron chi connectivity index (χ3n) is 12.2. The van der Waals surface area contributed by atoms with Crippen molar-refractivity contribution in [3.05, 3.63) is 174 Å². The number of hydrogen-bond donors (Lipinski definition) is 0. The highest BCUT2D eigenvalue weighted by Crippen LogP contribution is 2.54. The molecule has 0 aliphatic heterocycles. The van der Waals surface area contributed by atoms with Gasteiger partial charge in [-0.05, 0) is 145 Å². The van der Waals surface area contributed by atoms with Crippen LogP contribution in [0.4, 0.5) is 17.1 Å². The molecule has 1 aromatic heterocycles. The van der Waals surface area contributed by atoms with Gasteiger partial charge in [0.25, 0.3) is 0 Å². The van der Waals surface area contributed by atoms with E-state index in [9.17, 15) is 0 Å². The highest BCUT2D eigenvalue weighted by molar-refractivity contribution is 7.25. The van der Waals surface area contributed by atoms with Crippen molar-refractivity contribution in [1.82, 2.24) is 0 Å². The van der Waals surface area contributed by atoms with Gasteiger partial charge in [-0.3, -0.25) is 0 Å². The Hall–Kier alpha value is -5.70. The number of fused-ring (bicyclic) bond motifs is 11. The Morgan fingerprint density at radius 3 is 1.69 bits per heavy atom. The first-order valence-corrected chi connectivity index (χ1v) is 19.2. The molecule has 248 valence electrons. The summed E-state index contributed by atoms with van der Waals surface area (Å²) in [5.74, 6) is 0. The van der Waals surface area contributed by atoms with Crippen LogP contribution in [0, 0.1) is 0 Å². The van der Waals surface area contributed by atoms with Crippen LogP contribution in [-0.4, -0.2) is 0 Å². The van der Waals surface area contributed by atoms with Crippen molar-refractivity contribution in [2.45, 2.75) is 38.5 Å². The molecule has 0 N–H and O–H groups in total. The number of hydrogen-bond acceptors (Lipinski definition) is 2. The summed E-state index contributed by atoms with van der Waals surface area (Å²) < 4.78 is 2.73. The van der Waals surface area contributed by atoms with Gasteiger partial charge in [0.15, 0.2) is 0 Å². The van der Waals surface area contributed by atoms with Crippen LogP contribution in [0.1, 0.15) is 49.9 Å². The fourth-order valence-corrected chi connectivity index (χ4v) is 10.5. The van der Waals surface area contributed by atoms with Gasteiger partial charge in [0.1, 0.15) is 0 Å². The second-order valence-electron chi connectivity index (χ2n) is 15.8. The van der Waals surface area contributed by atoms with Crippen molar-refractivity contribution < 1.29 is 0 Å². The Labute approximate surface area is 308 Å². The van der Waals surface area contributed by atoms with E-state index in [0.717, 1.165) is 11.4 Å². The molecule has 0 saturated heterocycles. The third kappa shape index (κ3) is 4.10. The Morgan fingerprint density at radius 2 is 0.923 bits per heavy atom. The van der Waals surface area contributed by atoms with Crippen LogP contribution in [-0.2, 0) is 10.8 Å². The first-order valence-electron chi connectivity index (χ1n) is 18.3. The highest BCUT2D eigenvalue weighted by Gasteiger charge is 2.38. The van der Waals surface area contributed by atoms with E-state index in [1.54, 1.807) is 0 Å². The van der Waals surface area contributed by atoms with E-state index in [4.69, 9.17) is 0 Å². The van der Waals surface area contributed by atoms with Crippen molar-refractivity contribution >= 4 is 70.1 Å². The number of para-hydroxylation sites is 1. The molecule has 0 spiro atoms. The Balaban J connectivity index is 1.06. The smallest absolute Gasteiger partial charge is 0.0468 e. The van der Waals surface area contributed by atoms with Crippen LogP contribution in [0.5, 0.6) is 0 Å². The summed E-state index contributed by atoms with van der Waals surface area (Å²) in [6.07, 6.45) is 0. The maximum atomic E-state index is 2.47. The maximum Gasteiger partial charge on any atom is 0.0468 e. The largest absolute Gasteiger partial charge is 0.310 e. The van der Waals surface area contributed by atoms with E-state index in [0.29, 0.717) is 0 Å². The lowest BCUT2D eigenvalue weighted by Gasteiger charge is -2.28. The molecular formula is C50H37NS. The Bertz CT molecular complexity index is 2960. The molecule has 0 saturated carbocycles. The van der Waals surface area contributed by atoms with Crippen molar-refractivity contribution in [2.75, 3.05) is 4.90 Å². The zero-order valence-electron chi connectivity index (χ0n) is 29.8. The molecule has 8 aromatic carbocycles.